The van der Waals surface area contributed by atoms with Gasteiger partial charge in [0.1, 0.15) is 5.82 Å². The first-order chi connectivity index (χ1) is 9.61. The Hall–Kier alpha value is -1.48. The monoisotopic (exact) mass is 342 g/mol. The molecule has 0 saturated carbocycles. The number of nitrogens with zero attached hydrogens (tertiary/aromatic N) is 1. The number of hydrogen-bond acceptors (Lipinski definition) is 3. The van der Waals surface area contributed by atoms with E-state index < -0.39 is 27.1 Å². The fourth-order valence-electron chi connectivity index (χ4n) is 1.89. The molecule has 10 heteroatoms. The number of alkyl halides is 3. The van der Waals surface area contributed by atoms with Crippen LogP contribution in [0.3, 0.4) is 0 Å². The Bertz CT molecular complexity index is 676. The summed E-state index contributed by atoms with van der Waals surface area (Å²) in [6, 6.07) is 2.88. The lowest BCUT2D eigenvalue weighted by molar-refractivity contribution is -0.130. The number of benzene rings is 1. The van der Waals surface area contributed by atoms with Crippen LogP contribution in [0.2, 0.25) is 0 Å². The zero-order chi connectivity index (χ0) is 15.8. The van der Waals surface area contributed by atoms with Crippen molar-refractivity contribution < 1.29 is 26.4 Å². The zero-order valence-electron chi connectivity index (χ0n) is 10.4. The summed E-state index contributed by atoms with van der Waals surface area (Å²) in [6.07, 6.45) is 0.331. The number of anilines is 2. The number of halogens is 4. The molecule has 0 bridgehead atoms. The number of carbonyl (C=O) groups excluding carboxylic acids is 1. The van der Waals surface area contributed by atoms with Gasteiger partial charge >= 0.3 is 11.3 Å². The molecular formula is C11H10ClF3N2O3S. The van der Waals surface area contributed by atoms with Gasteiger partial charge in [0.15, 0.2) is 0 Å². The molecule has 0 spiro atoms. The van der Waals surface area contributed by atoms with Crippen LogP contribution in [0.15, 0.2) is 18.2 Å². The molecule has 1 aliphatic heterocycles. The predicted molar refractivity (Wildman–Crippen MR) is 71.6 cm³/mol. The van der Waals surface area contributed by atoms with E-state index in [2.05, 4.69) is 11.6 Å². The van der Waals surface area contributed by atoms with Gasteiger partial charge in [-0.05, 0) is 36.2 Å². The van der Waals surface area contributed by atoms with Gasteiger partial charge < -0.3 is 5.32 Å². The number of hydrogen-bond donors (Lipinski definition) is 1. The van der Waals surface area contributed by atoms with Crippen LogP contribution in [-0.2, 0) is 14.8 Å². The molecule has 1 aromatic rings. The maximum absolute atomic E-state index is 13.7. The smallest absolute Gasteiger partial charge is 0.320 e. The van der Waals surface area contributed by atoms with E-state index in [-0.39, 0.29) is 23.7 Å². The summed E-state index contributed by atoms with van der Waals surface area (Å²) >= 11 is 4.55. The minimum Gasteiger partial charge on any atom is -0.320 e. The van der Waals surface area contributed by atoms with Gasteiger partial charge in [-0.3, -0.25) is 9.10 Å². The van der Waals surface area contributed by atoms with E-state index in [1.54, 1.807) is 5.32 Å². The first-order valence-electron chi connectivity index (χ1n) is 5.79. The van der Waals surface area contributed by atoms with Crippen LogP contribution in [0.1, 0.15) is 6.42 Å². The Balaban J connectivity index is 2.32. The minimum atomic E-state index is -4.12. The van der Waals surface area contributed by atoms with Gasteiger partial charge in [-0.25, -0.2) is 12.8 Å². The summed E-state index contributed by atoms with van der Waals surface area (Å²) < 4.78 is 63.2. The molecule has 2 rings (SSSR count). The highest BCUT2D eigenvalue weighted by Crippen LogP contribution is 2.30. The molecule has 21 heavy (non-hydrogen) atoms. The summed E-state index contributed by atoms with van der Waals surface area (Å²) in [7, 11) is -3.63. The van der Waals surface area contributed by atoms with Crippen molar-refractivity contribution in [1.29, 1.82) is 0 Å². The molecule has 1 fully saturated rings. The van der Waals surface area contributed by atoms with E-state index in [0.29, 0.717) is 6.42 Å². The highest BCUT2D eigenvalue weighted by Gasteiger charge is 2.36. The summed E-state index contributed by atoms with van der Waals surface area (Å²) in [4.78, 5) is 11.1. The third-order valence-corrected chi connectivity index (χ3v) is 4.86. The van der Waals surface area contributed by atoms with Crippen LogP contribution < -0.4 is 9.62 Å². The van der Waals surface area contributed by atoms with Crippen LogP contribution in [0.25, 0.3) is 0 Å². The van der Waals surface area contributed by atoms with Crippen molar-refractivity contribution in [3.63, 3.8) is 0 Å². The molecule has 0 aromatic heterocycles. The Morgan fingerprint density at radius 1 is 1.38 bits per heavy atom. The van der Waals surface area contributed by atoms with Crippen molar-refractivity contribution in [3.8, 4) is 0 Å². The Labute approximate surface area is 123 Å². The summed E-state index contributed by atoms with van der Waals surface area (Å²) in [5.74, 6) is -2.75. The molecule has 1 N–H and O–H groups in total. The largest absolute Gasteiger partial charge is 0.400 e. The number of amides is 1. The second kappa shape index (κ2) is 5.38. The van der Waals surface area contributed by atoms with Crippen molar-refractivity contribution in [1.82, 2.24) is 0 Å². The number of carbonyl (C=O) groups is 1. The maximum atomic E-state index is 13.7. The average molecular weight is 343 g/mol. The van der Waals surface area contributed by atoms with Crippen molar-refractivity contribution in [2.75, 3.05) is 21.9 Å². The van der Waals surface area contributed by atoms with Gasteiger partial charge in [-0.2, -0.15) is 8.78 Å². The predicted octanol–water partition coefficient (Wildman–Crippen LogP) is 2.14. The zero-order valence-corrected chi connectivity index (χ0v) is 12.0. The van der Waals surface area contributed by atoms with Gasteiger partial charge in [-0.1, -0.05) is 0 Å². The Morgan fingerprint density at radius 2 is 2.05 bits per heavy atom. The third-order valence-electron chi connectivity index (χ3n) is 2.83. The minimum absolute atomic E-state index is 0.0856. The summed E-state index contributed by atoms with van der Waals surface area (Å²) in [6.45, 7) is 0.0856. The first kappa shape index (κ1) is 15.9. The molecule has 0 radical (unpaired) electrons. The summed E-state index contributed by atoms with van der Waals surface area (Å²) in [5.41, 5.74) is -0.484. The lowest BCUT2D eigenvalue weighted by Crippen LogP contribution is -2.29. The fourth-order valence-corrected chi connectivity index (χ4v) is 3.50. The molecule has 1 saturated heterocycles. The van der Waals surface area contributed by atoms with Crippen LogP contribution in [0.4, 0.5) is 24.5 Å². The van der Waals surface area contributed by atoms with Gasteiger partial charge in [0, 0.05) is 12.2 Å². The highest BCUT2D eigenvalue weighted by molar-refractivity contribution is 7.93. The fraction of sp³-hybridized carbons (Fsp3) is 0.364. The molecule has 1 aromatic carbocycles. The summed E-state index contributed by atoms with van der Waals surface area (Å²) in [5, 5.41) is -2.33. The molecule has 0 unspecified atom stereocenters. The van der Waals surface area contributed by atoms with E-state index in [9.17, 15) is 26.4 Å². The van der Waals surface area contributed by atoms with Crippen LogP contribution in [0.5, 0.6) is 0 Å². The van der Waals surface area contributed by atoms with E-state index in [4.69, 9.17) is 0 Å². The Morgan fingerprint density at radius 3 is 2.57 bits per heavy atom. The lowest BCUT2D eigenvalue weighted by Gasteiger charge is -2.19. The SMILES string of the molecule is O=C(Nc1ccc(F)c(N2CCCS2(=O)=O)c1)C(F)(F)Cl. The average Bonchev–Trinajstić information content (AvgIpc) is 2.70. The molecule has 1 heterocycles. The van der Waals surface area contributed by atoms with E-state index in [1.807, 2.05) is 0 Å². The van der Waals surface area contributed by atoms with Crippen LogP contribution >= 0.6 is 11.6 Å². The number of sulfonamides is 1. The van der Waals surface area contributed by atoms with Gasteiger partial charge in [0.2, 0.25) is 10.0 Å². The molecule has 0 atom stereocenters. The van der Waals surface area contributed by atoms with Gasteiger partial charge in [0.05, 0.1) is 11.4 Å². The molecule has 1 aliphatic rings. The molecule has 1 amide bonds. The molecule has 116 valence electrons. The second-order valence-electron chi connectivity index (χ2n) is 4.36. The third kappa shape index (κ3) is 3.41. The highest BCUT2D eigenvalue weighted by atomic mass is 35.5. The quantitative estimate of drug-likeness (QED) is 0.856. The topological polar surface area (TPSA) is 66.5 Å². The maximum Gasteiger partial charge on any atom is 0.400 e. The first-order valence-corrected chi connectivity index (χ1v) is 7.78. The Kier molecular flexibility index (Phi) is 4.07. The van der Waals surface area contributed by atoms with E-state index in [0.717, 1.165) is 22.5 Å². The van der Waals surface area contributed by atoms with Gasteiger partial charge in [0.25, 0.3) is 0 Å². The van der Waals surface area contributed by atoms with Crippen molar-refractivity contribution in [2.45, 2.75) is 11.8 Å². The standard InChI is InChI=1S/C11H10ClF3N2O3S/c12-11(14,15)10(18)16-7-2-3-8(13)9(6-7)17-4-1-5-21(17,19)20/h2-3,6H,1,4-5H2,(H,16,18). The van der Waals surface area contributed by atoms with Crippen LogP contribution in [-0.4, -0.2) is 32.0 Å². The molecule has 0 aliphatic carbocycles. The van der Waals surface area contributed by atoms with Crippen LogP contribution in [0, 0.1) is 5.82 Å². The lowest BCUT2D eigenvalue weighted by atomic mass is 10.2. The van der Waals surface area contributed by atoms with Gasteiger partial charge in [-0.15, -0.1) is 0 Å². The second-order valence-corrected chi connectivity index (χ2v) is 6.85. The normalized spacial score (nSPS) is 17.8. The van der Waals surface area contributed by atoms with E-state index in [1.165, 1.54) is 0 Å². The number of rotatable bonds is 3. The number of nitrogens with one attached hydrogen (secondary N) is 1. The molecular weight excluding hydrogens is 333 g/mol. The molecule has 5 nitrogen and oxygen atoms in total. The van der Waals surface area contributed by atoms with Crippen molar-refractivity contribution >= 4 is 38.9 Å². The van der Waals surface area contributed by atoms with Crippen molar-refractivity contribution in [3.05, 3.63) is 24.0 Å². The van der Waals surface area contributed by atoms with E-state index >= 15 is 0 Å². The van der Waals surface area contributed by atoms with Crippen molar-refractivity contribution in [2.24, 2.45) is 0 Å².